The van der Waals surface area contributed by atoms with Crippen molar-refractivity contribution in [2.45, 2.75) is 106 Å². The standard InChI is InChI=1S/C33H40O19/c1-10-19(37)23(41)25(43)31(47-10)46-9-17-21(39)29(51-32-26(44)24(42)20(38)11(2)48-32)27(45)33(50-17)52-30-22(40)18-15(36)7-14(35)8-16(18)49-28(30)12-3-5-13(34)6-4-12/h3-8,10-11,17,19-21,23-27,29,31-39,41-45H,9H2,1-2H3/t10-,11-,17-,19-,20-,21-,23+,24+,25-,26-,27-,29+,31-,32+,33+/m0/s1. The molecule has 0 aliphatic carbocycles. The van der Waals surface area contributed by atoms with Crippen molar-refractivity contribution in [3.05, 3.63) is 46.6 Å². The molecule has 0 radical (unpaired) electrons. The van der Waals surface area contributed by atoms with E-state index >= 15 is 0 Å². The number of phenolic OH excluding ortho intramolecular Hbond substituents is 3. The molecule has 0 saturated carbocycles. The zero-order valence-electron chi connectivity index (χ0n) is 27.5. The first-order chi connectivity index (χ1) is 24.6. The lowest BCUT2D eigenvalue weighted by molar-refractivity contribution is -0.355. The van der Waals surface area contributed by atoms with Gasteiger partial charge in [0.15, 0.2) is 18.3 Å². The summed E-state index contributed by atoms with van der Waals surface area (Å²) in [4.78, 5) is 13.9. The highest BCUT2D eigenvalue weighted by Gasteiger charge is 2.52. The molecule has 3 aromatic rings. The number of hydrogen-bond acceptors (Lipinski definition) is 19. The van der Waals surface area contributed by atoms with Crippen molar-refractivity contribution in [2.24, 2.45) is 0 Å². The summed E-state index contributed by atoms with van der Waals surface area (Å²) in [6.07, 6.45) is -24.7. The van der Waals surface area contributed by atoms with Crippen LogP contribution in [0.15, 0.2) is 45.6 Å². The summed E-state index contributed by atoms with van der Waals surface area (Å²) in [6, 6.07) is 7.17. The highest BCUT2D eigenvalue weighted by Crippen LogP contribution is 2.38. The molecular weight excluding hydrogens is 700 g/mol. The van der Waals surface area contributed by atoms with Gasteiger partial charge in [0.1, 0.15) is 89.3 Å². The van der Waals surface area contributed by atoms with E-state index in [9.17, 15) is 61.0 Å². The Kier molecular flexibility index (Phi) is 11.0. The van der Waals surface area contributed by atoms with Crippen molar-refractivity contribution in [3.8, 4) is 34.3 Å². The number of hydrogen-bond donors (Lipinski definition) is 11. The third-order valence-corrected chi connectivity index (χ3v) is 9.26. The van der Waals surface area contributed by atoms with Crippen LogP contribution < -0.4 is 10.2 Å². The van der Waals surface area contributed by atoms with Crippen molar-refractivity contribution < 1.29 is 89.0 Å². The lowest BCUT2D eigenvalue weighted by Gasteiger charge is -2.46. The maximum Gasteiger partial charge on any atom is 0.239 e. The molecule has 286 valence electrons. The maximum absolute atomic E-state index is 13.9. The highest BCUT2D eigenvalue weighted by atomic mass is 16.7. The first-order valence-corrected chi connectivity index (χ1v) is 16.2. The number of fused-ring (bicyclic) bond motifs is 1. The van der Waals surface area contributed by atoms with Gasteiger partial charge in [0.05, 0.1) is 18.8 Å². The van der Waals surface area contributed by atoms with E-state index in [4.69, 9.17) is 32.8 Å². The number of aliphatic hydroxyl groups excluding tert-OH is 8. The van der Waals surface area contributed by atoms with E-state index in [0.717, 1.165) is 12.1 Å². The van der Waals surface area contributed by atoms with Crippen molar-refractivity contribution >= 4 is 11.0 Å². The second-order valence-electron chi connectivity index (χ2n) is 12.9. The molecule has 3 aliphatic heterocycles. The van der Waals surface area contributed by atoms with Crippen molar-refractivity contribution in [1.82, 2.24) is 0 Å². The van der Waals surface area contributed by atoms with Gasteiger partial charge in [0.2, 0.25) is 17.5 Å². The van der Waals surface area contributed by atoms with Gasteiger partial charge in [-0.15, -0.1) is 0 Å². The van der Waals surface area contributed by atoms with Gasteiger partial charge in [-0.2, -0.15) is 0 Å². The van der Waals surface area contributed by atoms with Gasteiger partial charge in [-0.25, -0.2) is 0 Å². The van der Waals surface area contributed by atoms with Crippen LogP contribution in [0.4, 0.5) is 0 Å². The van der Waals surface area contributed by atoms with Crippen LogP contribution in [0.2, 0.25) is 0 Å². The molecule has 19 nitrogen and oxygen atoms in total. The van der Waals surface area contributed by atoms with Gasteiger partial charge in [0, 0.05) is 17.7 Å². The van der Waals surface area contributed by atoms with Gasteiger partial charge in [-0.05, 0) is 38.1 Å². The molecule has 0 amide bonds. The molecular formula is C33H40O19. The maximum atomic E-state index is 13.9. The van der Waals surface area contributed by atoms with Crippen LogP contribution in [-0.2, 0) is 23.7 Å². The first-order valence-electron chi connectivity index (χ1n) is 16.2. The molecule has 11 N–H and O–H groups in total. The third kappa shape index (κ3) is 7.16. The van der Waals surface area contributed by atoms with Crippen LogP contribution >= 0.6 is 0 Å². The van der Waals surface area contributed by atoms with Gasteiger partial charge in [-0.1, -0.05) is 0 Å². The molecule has 0 spiro atoms. The average Bonchev–Trinajstić information content (AvgIpc) is 3.10. The van der Waals surface area contributed by atoms with Crippen LogP contribution in [0.3, 0.4) is 0 Å². The highest BCUT2D eigenvalue weighted by molar-refractivity contribution is 5.88. The Bertz CT molecular complexity index is 1770. The smallest absolute Gasteiger partial charge is 0.239 e. The Hall–Kier alpha value is -3.67. The second-order valence-corrected chi connectivity index (χ2v) is 12.9. The molecule has 3 aliphatic rings. The Balaban J connectivity index is 1.37. The predicted molar refractivity (Wildman–Crippen MR) is 170 cm³/mol. The zero-order chi connectivity index (χ0) is 37.8. The van der Waals surface area contributed by atoms with Gasteiger partial charge >= 0.3 is 0 Å². The van der Waals surface area contributed by atoms with Gasteiger partial charge in [0.25, 0.3) is 0 Å². The molecule has 2 aromatic carbocycles. The van der Waals surface area contributed by atoms with E-state index in [-0.39, 0.29) is 22.7 Å². The van der Waals surface area contributed by atoms with Gasteiger partial charge < -0.3 is 89.0 Å². The number of benzene rings is 2. The normalized spacial score (nSPS) is 38.3. The number of ether oxygens (including phenoxy) is 6. The summed E-state index contributed by atoms with van der Waals surface area (Å²) in [6.45, 7) is 2.11. The zero-order valence-corrected chi connectivity index (χ0v) is 27.5. The molecule has 0 unspecified atom stereocenters. The molecule has 6 rings (SSSR count). The van der Waals surface area contributed by atoms with E-state index in [1.165, 1.54) is 38.1 Å². The lowest BCUT2D eigenvalue weighted by Crippen LogP contribution is -2.65. The van der Waals surface area contributed by atoms with Crippen LogP contribution in [0.5, 0.6) is 23.0 Å². The van der Waals surface area contributed by atoms with Crippen LogP contribution in [0.1, 0.15) is 13.8 Å². The summed E-state index contributed by atoms with van der Waals surface area (Å²) in [5, 5.41) is 115. The summed E-state index contributed by atoms with van der Waals surface area (Å²) >= 11 is 0. The van der Waals surface area contributed by atoms with Crippen LogP contribution in [0.25, 0.3) is 22.3 Å². The molecule has 3 fully saturated rings. The first kappa shape index (κ1) is 38.1. The van der Waals surface area contributed by atoms with E-state index < -0.39 is 127 Å². The quantitative estimate of drug-likeness (QED) is 0.113. The van der Waals surface area contributed by atoms with Gasteiger partial charge in [-0.3, -0.25) is 4.79 Å². The van der Waals surface area contributed by atoms with E-state index in [1.54, 1.807) is 0 Å². The monoisotopic (exact) mass is 740 g/mol. The van der Waals surface area contributed by atoms with Crippen LogP contribution in [0, 0.1) is 0 Å². The van der Waals surface area contributed by atoms with Crippen molar-refractivity contribution in [3.63, 3.8) is 0 Å². The average molecular weight is 741 g/mol. The second kappa shape index (κ2) is 15.0. The topological polar surface area (TPSA) is 308 Å². The number of phenols is 3. The summed E-state index contributed by atoms with van der Waals surface area (Å²) in [7, 11) is 0. The SMILES string of the molecule is C[C@@H]1O[C@H](OC[C@@H]2O[C@H](Oc3c(-c4ccc(O)cc4)oc4cc(O)cc(O)c4c3=O)[C@@H](O)[C@H](O[C@H]3O[C@@H](C)[C@H](O)[C@@H](O)[C@@H]3O)[C@H]2O)[C@@H](O)[C@H](O)[C@H]1O. The molecule has 15 atom stereocenters. The minimum Gasteiger partial charge on any atom is -0.508 e. The third-order valence-electron chi connectivity index (χ3n) is 9.26. The molecule has 0 bridgehead atoms. The Morgan fingerprint density at radius 1 is 0.654 bits per heavy atom. The fourth-order valence-electron chi connectivity index (χ4n) is 6.21. The van der Waals surface area contributed by atoms with Crippen molar-refractivity contribution in [1.29, 1.82) is 0 Å². The van der Waals surface area contributed by atoms with E-state index in [2.05, 4.69) is 0 Å². The molecule has 3 saturated heterocycles. The summed E-state index contributed by atoms with van der Waals surface area (Å²) in [5.41, 5.74) is -1.13. The molecule has 1 aromatic heterocycles. The Morgan fingerprint density at radius 3 is 1.88 bits per heavy atom. The summed E-state index contributed by atoms with van der Waals surface area (Å²) < 4.78 is 40.0. The Labute approximate surface area is 293 Å². The largest absolute Gasteiger partial charge is 0.508 e. The summed E-state index contributed by atoms with van der Waals surface area (Å²) in [5.74, 6) is -2.24. The van der Waals surface area contributed by atoms with Crippen LogP contribution in [-0.4, -0.2) is 155 Å². The number of aliphatic hydroxyl groups is 8. The fourth-order valence-corrected chi connectivity index (χ4v) is 6.21. The predicted octanol–water partition coefficient (Wildman–Crippen LogP) is -2.54. The Morgan fingerprint density at radius 2 is 1.25 bits per heavy atom. The number of aromatic hydroxyl groups is 3. The minimum atomic E-state index is -2.04. The lowest BCUT2D eigenvalue weighted by atomic mass is 9.97. The molecule has 19 heteroatoms. The van der Waals surface area contributed by atoms with E-state index in [0.29, 0.717) is 0 Å². The van der Waals surface area contributed by atoms with E-state index in [1.807, 2.05) is 0 Å². The molecule has 4 heterocycles. The molecule has 52 heavy (non-hydrogen) atoms. The number of rotatable bonds is 8. The minimum absolute atomic E-state index is 0.143. The van der Waals surface area contributed by atoms with Crippen molar-refractivity contribution in [2.75, 3.05) is 6.61 Å². The fraction of sp³-hybridized carbons (Fsp3) is 0.545.